The van der Waals surface area contributed by atoms with E-state index in [9.17, 15) is 18.0 Å². The van der Waals surface area contributed by atoms with Crippen molar-refractivity contribution in [3.8, 4) is 5.75 Å². The van der Waals surface area contributed by atoms with Crippen LogP contribution in [0.3, 0.4) is 0 Å². The first-order valence-electron chi connectivity index (χ1n) is 13.1. The summed E-state index contributed by atoms with van der Waals surface area (Å²) >= 11 is 0. The number of rotatable bonds is 5. The maximum atomic E-state index is 12.9. The van der Waals surface area contributed by atoms with Crippen LogP contribution in [0.25, 0.3) is 11.2 Å². The Morgan fingerprint density at radius 2 is 1.59 bits per heavy atom. The first-order chi connectivity index (χ1) is 17.8. The van der Waals surface area contributed by atoms with Crippen molar-refractivity contribution >= 4 is 17.1 Å². The number of alkyl halides is 3. The van der Waals surface area contributed by atoms with Crippen LogP contribution in [0.5, 0.6) is 5.75 Å². The van der Waals surface area contributed by atoms with Gasteiger partial charge >= 0.3 is 6.36 Å². The molecule has 4 heterocycles. The van der Waals surface area contributed by atoms with Crippen LogP contribution in [0.4, 0.5) is 13.2 Å². The first kappa shape index (κ1) is 24.2. The Hall–Kier alpha value is -3.14. The van der Waals surface area contributed by atoms with Crippen molar-refractivity contribution in [2.75, 3.05) is 26.2 Å². The number of hydrogen-bond acceptors (Lipinski definition) is 5. The number of carbonyl (C=O) groups excluding carboxylic acids is 1. The van der Waals surface area contributed by atoms with Crippen LogP contribution in [-0.4, -0.2) is 69.2 Å². The summed E-state index contributed by atoms with van der Waals surface area (Å²) in [4.78, 5) is 30.4. The van der Waals surface area contributed by atoms with Crippen LogP contribution in [-0.2, 0) is 0 Å². The highest BCUT2D eigenvalue weighted by Gasteiger charge is 2.34. The third-order valence-corrected chi connectivity index (χ3v) is 7.97. The van der Waals surface area contributed by atoms with Crippen molar-refractivity contribution in [3.05, 3.63) is 53.5 Å². The Bertz CT molecular complexity index is 1260. The Morgan fingerprint density at radius 1 is 0.919 bits per heavy atom. The van der Waals surface area contributed by atoms with Gasteiger partial charge < -0.3 is 19.5 Å². The molecule has 0 bridgehead atoms. The number of likely N-dealkylation sites (tertiary alicyclic amines) is 2. The number of H-pyrrole nitrogens is 1. The molecular formula is C27H30F3N5O2. The molecule has 0 spiro atoms. The molecule has 196 valence electrons. The van der Waals surface area contributed by atoms with Gasteiger partial charge in [-0.05, 0) is 93.4 Å². The van der Waals surface area contributed by atoms with E-state index < -0.39 is 6.36 Å². The summed E-state index contributed by atoms with van der Waals surface area (Å²) < 4.78 is 41.1. The van der Waals surface area contributed by atoms with E-state index in [-0.39, 0.29) is 17.6 Å². The molecule has 3 fully saturated rings. The zero-order chi connectivity index (χ0) is 25.6. The molecule has 1 aromatic carbocycles. The summed E-state index contributed by atoms with van der Waals surface area (Å²) in [5.74, 6) is 1.22. The number of nitrogens with one attached hydrogen (secondary N) is 1. The number of amides is 1. The molecule has 37 heavy (non-hydrogen) atoms. The standard InChI is InChI=1S/C27H30F3N5O2/c28-27(29,30)37-21-5-1-19(2-6-21)26(36)35-15-8-17(9-16-35)22-7-12-31-25-23(22)32-24(33-25)18-10-13-34(14-11-18)20-3-4-20/h1-2,5-7,12,17-18,20H,3-4,8-11,13-16H2,(H,31,32,33). The van der Waals surface area contributed by atoms with Gasteiger partial charge in [0.1, 0.15) is 17.1 Å². The Labute approximate surface area is 213 Å². The minimum Gasteiger partial charge on any atom is -0.406 e. The molecule has 2 saturated heterocycles. The minimum atomic E-state index is -4.76. The largest absolute Gasteiger partial charge is 0.573 e. The molecule has 1 aliphatic carbocycles. The van der Waals surface area contributed by atoms with Crippen LogP contribution in [0, 0.1) is 0 Å². The number of pyridine rings is 1. The van der Waals surface area contributed by atoms with Crippen molar-refractivity contribution in [2.45, 2.75) is 62.8 Å². The molecular weight excluding hydrogens is 483 g/mol. The molecule has 7 nitrogen and oxygen atoms in total. The second-order valence-corrected chi connectivity index (χ2v) is 10.4. The number of nitrogens with zero attached hydrogens (tertiary/aromatic N) is 4. The SMILES string of the molecule is O=C(c1ccc(OC(F)(F)F)cc1)N1CCC(c2ccnc3[nH]c(C4CCN(C5CC5)CC4)nc23)CC1. The van der Waals surface area contributed by atoms with Gasteiger partial charge in [0.2, 0.25) is 0 Å². The average Bonchev–Trinajstić information content (AvgIpc) is 3.66. The fourth-order valence-electron chi connectivity index (χ4n) is 5.82. The normalized spacial score (nSPS) is 20.5. The van der Waals surface area contributed by atoms with Crippen LogP contribution in [0.2, 0.25) is 0 Å². The number of benzene rings is 1. The maximum absolute atomic E-state index is 12.9. The van der Waals surface area contributed by atoms with Gasteiger partial charge in [-0.25, -0.2) is 9.97 Å². The van der Waals surface area contributed by atoms with Crippen molar-refractivity contribution in [1.29, 1.82) is 0 Å². The summed E-state index contributed by atoms with van der Waals surface area (Å²) in [5, 5.41) is 0. The number of hydrogen-bond donors (Lipinski definition) is 1. The molecule has 0 radical (unpaired) electrons. The van der Waals surface area contributed by atoms with E-state index in [0.717, 1.165) is 61.8 Å². The molecule has 1 N–H and O–H groups in total. The zero-order valence-electron chi connectivity index (χ0n) is 20.5. The Kier molecular flexibility index (Phi) is 6.30. The van der Waals surface area contributed by atoms with E-state index in [1.54, 1.807) is 4.90 Å². The van der Waals surface area contributed by atoms with Gasteiger partial charge in [0.25, 0.3) is 5.91 Å². The van der Waals surface area contributed by atoms with Crippen molar-refractivity contribution in [3.63, 3.8) is 0 Å². The molecule has 2 aromatic heterocycles. The highest BCUT2D eigenvalue weighted by molar-refractivity contribution is 5.94. The maximum Gasteiger partial charge on any atom is 0.573 e. The highest BCUT2D eigenvalue weighted by atomic mass is 19.4. The quantitative estimate of drug-likeness (QED) is 0.507. The van der Waals surface area contributed by atoms with E-state index >= 15 is 0 Å². The first-order valence-corrected chi connectivity index (χ1v) is 13.1. The number of halogens is 3. The van der Waals surface area contributed by atoms with E-state index in [0.29, 0.717) is 24.6 Å². The fourth-order valence-corrected chi connectivity index (χ4v) is 5.82. The van der Waals surface area contributed by atoms with Crippen LogP contribution in [0.1, 0.15) is 72.1 Å². The molecule has 0 unspecified atom stereocenters. The van der Waals surface area contributed by atoms with E-state index in [4.69, 9.17) is 4.98 Å². The number of carbonyl (C=O) groups is 1. The molecule has 0 atom stereocenters. The fraction of sp³-hybridized carbons (Fsp3) is 0.519. The van der Waals surface area contributed by atoms with Gasteiger partial charge in [-0.2, -0.15) is 0 Å². The lowest BCUT2D eigenvalue weighted by molar-refractivity contribution is -0.274. The highest BCUT2D eigenvalue weighted by Crippen LogP contribution is 2.36. The smallest absolute Gasteiger partial charge is 0.406 e. The number of fused-ring (bicyclic) bond motifs is 1. The summed E-state index contributed by atoms with van der Waals surface area (Å²) in [7, 11) is 0. The van der Waals surface area contributed by atoms with E-state index in [1.807, 2.05) is 12.3 Å². The monoisotopic (exact) mass is 513 g/mol. The molecule has 6 rings (SSSR count). The average molecular weight is 514 g/mol. The third-order valence-electron chi connectivity index (χ3n) is 7.97. The molecule has 3 aliphatic rings. The van der Waals surface area contributed by atoms with Gasteiger partial charge in [-0.15, -0.1) is 13.2 Å². The van der Waals surface area contributed by atoms with Crippen molar-refractivity contribution in [1.82, 2.24) is 24.8 Å². The van der Waals surface area contributed by atoms with E-state index in [2.05, 4.69) is 19.6 Å². The van der Waals surface area contributed by atoms with Crippen molar-refractivity contribution in [2.24, 2.45) is 0 Å². The zero-order valence-corrected chi connectivity index (χ0v) is 20.5. The second-order valence-electron chi connectivity index (χ2n) is 10.4. The summed E-state index contributed by atoms with van der Waals surface area (Å²) in [6.45, 7) is 3.42. The van der Waals surface area contributed by atoms with Gasteiger partial charge in [0.05, 0.1) is 0 Å². The Morgan fingerprint density at radius 3 is 2.24 bits per heavy atom. The lowest BCUT2D eigenvalue weighted by atomic mass is 9.89. The molecule has 3 aromatic rings. The van der Waals surface area contributed by atoms with Crippen molar-refractivity contribution < 1.29 is 22.7 Å². The van der Waals surface area contributed by atoms with Crippen LogP contribution < -0.4 is 4.74 Å². The lowest BCUT2D eigenvalue weighted by Crippen LogP contribution is -2.38. The van der Waals surface area contributed by atoms with E-state index in [1.165, 1.54) is 42.7 Å². The minimum absolute atomic E-state index is 0.184. The summed E-state index contributed by atoms with van der Waals surface area (Å²) in [5.41, 5.74) is 3.29. The van der Waals surface area contributed by atoms with Crippen LogP contribution in [0.15, 0.2) is 36.5 Å². The molecule has 10 heteroatoms. The predicted molar refractivity (Wildman–Crippen MR) is 131 cm³/mol. The number of ether oxygens (including phenoxy) is 1. The summed E-state index contributed by atoms with van der Waals surface area (Å²) in [6.07, 6.45) is 3.59. The number of aromatic amines is 1. The third kappa shape index (κ3) is 5.30. The molecule has 1 saturated carbocycles. The topological polar surface area (TPSA) is 74.3 Å². The molecule has 1 amide bonds. The Balaban J connectivity index is 1.10. The van der Waals surface area contributed by atoms with Gasteiger partial charge in [-0.3, -0.25) is 4.79 Å². The second kappa shape index (κ2) is 9.63. The number of piperidine rings is 2. The van der Waals surface area contributed by atoms with Gasteiger partial charge in [0.15, 0.2) is 5.65 Å². The summed E-state index contributed by atoms with van der Waals surface area (Å²) in [6, 6.07) is 7.96. The number of aromatic nitrogens is 3. The van der Waals surface area contributed by atoms with Crippen LogP contribution >= 0.6 is 0 Å². The molecule has 2 aliphatic heterocycles. The predicted octanol–water partition coefficient (Wildman–Crippen LogP) is 5.22. The number of imidazole rings is 1. The van der Waals surface area contributed by atoms with Gasteiger partial charge in [0, 0.05) is 36.8 Å². The lowest BCUT2D eigenvalue weighted by Gasteiger charge is -2.32. The van der Waals surface area contributed by atoms with Gasteiger partial charge in [-0.1, -0.05) is 0 Å².